The molecule has 2 saturated heterocycles. The van der Waals surface area contributed by atoms with E-state index < -0.39 is 12.2 Å². The first kappa shape index (κ1) is 16.1. The van der Waals surface area contributed by atoms with Crippen LogP contribution in [0.5, 0.6) is 0 Å². The van der Waals surface area contributed by atoms with Crippen LogP contribution in [0.15, 0.2) is 0 Å². The number of hydrogen-bond donors (Lipinski definition) is 0. The molecule has 0 radical (unpaired) electrons. The molecule has 0 N–H and O–H groups in total. The van der Waals surface area contributed by atoms with Gasteiger partial charge in [0.2, 0.25) is 0 Å². The molecular weight excluding hydrogens is 265 g/mol. The molecule has 0 spiro atoms. The van der Waals surface area contributed by atoms with E-state index in [2.05, 4.69) is 11.9 Å². The van der Waals surface area contributed by atoms with Crippen molar-refractivity contribution in [2.75, 3.05) is 26.7 Å². The van der Waals surface area contributed by atoms with Crippen molar-refractivity contribution in [2.24, 2.45) is 5.92 Å². The van der Waals surface area contributed by atoms with E-state index in [0.717, 1.165) is 25.9 Å². The Hall–Kier alpha value is -0.290. The predicted octanol–water partition coefficient (Wildman–Crippen LogP) is 3.52. The van der Waals surface area contributed by atoms with E-state index in [9.17, 15) is 13.2 Å². The van der Waals surface area contributed by atoms with E-state index in [4.69, 9.17) is 0 Å². The fourth-order valence-electron chi connectivity index (χ4n) is 3.92. The fourth-order valence-corrected chi connectivity index (χ4v) is 3.92. The first-order valence-electron chi connectivity index (χ1n) is 7.89. The lowest BCUT2D eigenvalue weighted by Crippen LogP contribution is -2.53. The first-order valence-corrected chi connectivity index (χ1v) is 7.89. The molecule has 0 bridgehead atoms. The van der Waals surface area contributed by atoms with Gasteiger partial charge in [-0.25, -0.2) is 0 Å². The van der Waals surface area contributed by atoms with Gasteiger partial charge < -0.3 is 4.90 Å². The van der Waals surface area contributed by atoms with E-state index in [-0.39, 0.29) is 12.5 Å². The first-order chi connectivity index (χ1) is 9.38. The van der Waals surface area contributed by atoms with Gasteiger partial charge >= 0.3 is 6.18 Å². The second-order valence-electron chi connectivity index (χ2n) is 6.65. The zero-order valence-corrected chi connectivity index (χ0v) is 12.6. The minimum absolute atomic E-state index is 0.0402. The van der Waals surface area contributed by atoms with E-state index in [1.165, 1.54) is 12.8 Å². The smallest absolute Gasteiger partial charge is 0.306 e. The number of alkyl halides is 3. The van der Waals surface area contributed by atoms with Crippen LogP contribution in [0.3, 0.4) is 0 Å². The van der Waals surface area contributed by atoms with Crippen molar-refractivity contribution in [1.29, 1.82) is 0 Å². The summed E-state index contributed by atoms with van der Waals surface area (Å²) in [7, 11) is 2.11. The lowest BCUT2D eigenvalue weighted by molar-refractivity contribution is -0.197. The molecule has 0 aromatic heterocycles. The Labute approximate surface area is 120 Å². The van der Waals surface area contributed by atoms with Crippen LogP contribution < -0.4 is 0 Å². The minimum atomic E-state index is -4.07. The molecule has 1 unspecified atom stereocenters. The highest BCUT2D eigenvalue weighted by Crippen LogP contribution is 2.34. The lowest BCUT2D eigenvalue weighted by Gasteiger charge is -2.42. The molecule has 3 atom stereocenters. The molecule has 2 aliphatic rings. The lowest BCUT2D eigenvalue weighted by atomic mass is 9.89. The number of halogens is 3. The quantitative estimate of drug-likeness (QED) is 0.785. The minimum Gasteiger partial charge on any atom is -0.306 e. The molecule has 118 valence electrons. The predicted molar refractivity (Wildman–Crippen MR) is 74.7 cm³/mol. The van der Waals surface area contributed by atoms with Crippen molar-refractivity contribution in [1.82, 2.24) is 9.80 Å². The van der Waals surface area contributed by atoms with Crippen LogP contribution in [0, 0.1) is 5.92 Å². The average Bonchev–Trinajstić information content (AvgIpc) is 2.37. The Bertz CT molecular complexity index is 306. The van der Waals surface area contributed by atoms with Crippen molar-refractivity contribution >= 4 is 0 Å². The molecule has 0 aromatic carbocycles. The maximum absolute atomic E-state index is 13.1. The third-order valence-electron chi connectivity index (χ3n) is 4.88. The van der Waals surface area contributed by atoms with Crippen LogP contribution >= 0.6 is 0 Å². The van der Waals surface area contributed by atoms with Gasteiger partial charge in [0.25, 0.3) is 0 Å². The molecule has 0 aliphatic carbocycles. The highest BCUT2D eigenvalue weighted by Gasteiger charge is 2.45. The Morgan fingerprint density at radius 2 is 1.85 bits per heavy atom. The van der Waals surface area contributed by atoms with Crippen LogP contribution in [-0.2, 0) is 0 Å². The Morgan fingerprint density at radius 1 is 1.10 bits per heavy atom. The van der Waals surface area contributed by atoms with Crippen molar-refractivity contribution in [3.8, 4) is 0 Å². The highest BCUT2D eigenvalue weighted by molar-refractivity contribution is 4.87. The van der Waals surface area contributed by atoms with E-state index >= 15 is 0 Å². The van der Waals surface area contributed by atoms with Gasteiger partial charge in [0.05, 0.1) is 0 Å². The Kier molecular flexibility index (Phi) is 5.35. The molecule has 0 saturated carbocycles. The summed E-state index contributed by atoms with van der Waals surface area (Å²) in [5, 5.41) is 0. The summed E-state index contributed by atoms with van der Waals surface area (Å²) in [6.07, 6.45) is 1.06. The third kappa shape index (κ3) is 4.10. The topological polar surface area (TPSA) is 6.48 Å². The molecule has 0 aromatic rings. The summed E-state index contributed by atoms with van der Waals surface area (Å²) in [6, 6.07) is -1.18. The van der Waals surface area contributed by atoms with Gasteiger partial charge in [0, 0.05) is 12.6 Å². The van der Waals surface area contributed by atoms with Gasteiger partial charge in [-0.1, -0.05) is 6.42 Å². The maximum Gasteiger partial charge on any atom is 0.404 e. The molecule has 2 heterocycles. The summed E-state index contributed by atoms with van der Waals surface area (Å²) in [4.78, 5) is 4.02. The van der Waals surface area contributed by atoms with Crippen LogP contribution in [0.4, 0.5) is 13.2 Å². The molecule has 0 amide bonds. The van der Waals surface area contributed by atoms with Gasteiger partial charge in [0.1, 0.15) is 6.04 Å². The normalized spacial score (nSPS) is 32.2. The second-order valence-corrected chi connectivity index (χ2v) is 6.65. The summed E-state index contributed by atoms with van der Waals surface area (Å²) >= 11 is 0. The number of hydrogen-bond acceptors (Lipinski definition) is 2. The zero-order valence-electron chi connectivity index (χ0n) is 12.6. The van der Waals surface area contributed by atoms with E-state index in [1.807, 2.05) is 6.92 Å². The molecule has 2 aliphatic heterocycles. The van der Waals surface area contributed by atoms with E-state index in [0.29, 0.717) is 18.9 Å². The van der Waals surface area contributed by atoms with E-state index in [1.54, 1.807) is 4.90 Å². The van der Waals surface area contributed by atoms with Crippen LogP contribution in [-0.4, -0.2) is 54.7 Å². The standard InChI is InChI=1S/C15H27F3N2/c1-12(10-13-6-5-8-19(2)11-13)20-9-4-3-7-14(20)15(16,17)18/h12-14H,3-11H2,1-2H3/t12-,13?,14-/m1/s1. The summed E-state index contributed by atoms with van der Waals surface area (Å²) in [5.41, 5.74) is 0. The summed E-state index contributed by atoms with van der Waals surface area (Å²) in [6.45, 7) is 4.75. The molecule has 5 heteroatoms. The summed E-state index contributed by atoms with van der Waals surface area (Å²) < 4.78 is 39.4. The van der Waals surface area contributed by atoms with Crippen molar-refractivity contribution < 1.29 is 13.2 Å². The number of rotatable bonds is 3. The van der Waals surface area contributed by atoms with Gasteiger partial charge in [-0.2, -0.15) is 13.2 Å². The fraction of sp³-hybridized carbons (Fsp3) is 1.00. The monoisotopic (exact) mass is 292 g/mol. The van der Waals surface area contributed by atoms with Crippen LogP contribution in [0.25, 0.3) is 0 Å². The van der Waals surface area contributed by atoms with Gasteiger partial charge in [-0.05, 0) is 65.1 Å². The van der Waals surface area contributed by atoms with Crippen molar-refractivity contribution in [2.45, 2.75) is 63.7 Å². The average molecular weight is 292 g/mol. The molecule has 2 fully saturated rings. The molecule has 2 nitrogen and oxygen atoms in total. The Morgan fingerprint density at radius 3 is 2.50 bits per heavy atom. The summed E-state index contributed by atoms with van der Waals surface area (Å²) in [5.74, 6) is 0.555. The molecular formula is C15H27F3N2. The molecule has 20 heavy (non-hydrogen) atoms. The van der Waals surface area contributed by atoms with Crippen LogP contribution in [0.1, 0.15) is 45.4 Å². The van der Waals surface area contributed by atoms with Gasteiger partial charge in [0.15, 0.2) is 0 Å². The zero-order chi connectivity index (χ0) is 14.8. The SMILES string of the molecule is C[C@H](CC1CCCN(C)C1)N1CCCC[C@@H]1C(F)(F)F. The molecule has 2 rings (SSSR count). The Balaban J connectivity index is 1.93. The number of likely N-dealkylation sites (tertiary alicyclic amines) is 2. The highest BCUT2D eigenvalue weighted by atomic mass is 19.4. The number of nitrogens with zero attached hydrogens (tertiary/aromatic N) is 2. The van der Waals surface area contributed by atoms with Crippen LogP contribution in [0.2, 0.25) is 0 Å². The van der Waals surface area contributed by atoms with Crippen molar-refractivity contribution in [3.05, 3.63) is 0 Å². The third-order valence-corrected chi connectivity index (χ3v) is 4.88. The van der Waals surface area contributed by atoms with Gasteiger partial charge in [-0.3, -0.25) is 4.90 Å². The second kappa shape index (κ2) is 6.65. The van der Waals surface area contributed by atoms with Crippen molar-refractivity contribution in [3.63, 3.8) is 0 Å². The maximum atomic E-state index is 13.1. The largest absolute Gasteiger partial charge is 0.404 e. The van der Waals surface area contributed by atoms with Gasteiger partial charge in [-0.15, -0.1) is 0 Å². The number of piperidine rings is 2.